The van der Waals surface area contributed by atoms with E-state index in [0.717, 1.165) is 17.4 Å². The maximum atomic E-state index is 4.30. The molecule has 0 fully saturated rings. The zero-order valence-corrected chi connectivity index (χ0v) is 10.1. The van der Waals surface area contributed by atoms with Crippen LogP contribution in [0.25, 0.3) is 0 Å². The van der Waals surface area contributed by atoms with Gasteiger partial charge in [-0.25, -0.2) is 0 Å². The van der Waals surface area contributed by atoms with E-state index < -0.39 is 0 Å². The molecule has 0 aliphatic rings. The van der Waals surface area contributed by atoms with Gasteiger partial charge in [0.2, 0.25) is 11.1 Å². The Labute approximate surface area is 98.9 Å². The van der Waals surface area contributed by atoms with E-state index in [-0.39, 0.29) is 0 Å². The highest BCUT2D eigenvalue weighted by molar-refractivity contribution is 7.09. The molecule has 1 aromatic heterocycles. The van der Waals surface area contributed by atoms with Crippen molar-refractivity contribution in [2.75, 3.05) is 17.2 Å². The summed E-state index contributed by atoms with van der Waals surface area (Å²) in [5.41, 5.74) is 2.25. The van der Waals surface area contributed by atoms with Gasteiger partial charge in [-0.2, -0.15) is 9.36 Å². The van der Waals surface area contributed by atoms with Gasteiger partial charge >= 0.3 is 0 Å². The van der Waals surface area contributed by atoms with Gasteiger partial charge in [-0.05, 0) is 26.0 Å². The molecule has 0 spiro atoms. The smallest absolute Gasteiger partial charge is 0.240 e. The van der Waals surface area contributed by atoms with Gasteiger partial charge in [0.1, 0.15) is 0 Å². The summed E-state index contributed by atoms with van der Waals surface area (Å²) in [5, 5.41) is 7.13. The van der Waals surface area contributed by atoms with Crippen molar-refractivity contribution in [1.82, 2.24) is 9.36 Å². The first-order valence-electron chi connectivity index (χ1n) is 5.19. The number of nitrogens with zero attached hydrogens (tertiary/aromatic N) is 2. The van der Waals surface area contributed by atoms with Crippen LogP contribution in [-0.2, 0) is 0 Å². The quantitative estimate of drug-likeness (QED) is 0.853. The fourth-order valence-electron chi connectivity index (χ4n) is 1.26. The summed E-state index contributed by atoms with van der Waals surface area (Å²) in [7, 11) is 0. The lowest BCUT2D eigenvalue weighted by atomic mass is 10.2. The van der Waals surface area contributed by atoms with E-state index in [1.165, 1.54) is 17.1 Å². The molecule has 0 atom stereocenters. The van der Waals surface area contributed by atoms with Crippen LogP contribution >= 0.6 is 11.5 Å². The Morgan fingerprint density at radius 1 is 1.25 bits per heavy atom. The maximum absolute atomic E-state index is 4.30. The Morgan fingerprint density at radius 3 is 2.69 bits per heavy atom. The first-order valence-corrected chi connectivity index (χ1v) is 5.96. The lowest BCUT2D eigenvalue weighted by molar-refractivity contribution is 1.18. The third-order valence-corrected chi connectivity index (χ3v) is 2.73. The third kappa shape index (κ3) is 2.70. The third-order valence-electron chi connectivity index (χ3n) is 2.06. The highest BCUT2D eigenvalue weighted by Gasteiger charge is 2.02. The number of aromatic nitrogens is 2. The summed E-state index contributed by atoms with van der Waals surface area (Å²) in [5.74, 6) is 0.643. The van der Waals surface area contributed by atoms with Crippen LogP contribution in [0.5, 0.6) is 0 Å². The highest BCUT2D eigenvalue weighted by atomic mass is 32.1. The Kier molecular flexibility index (Phi) is 3.36. The number of anilines is 3. The number of hydrogen-bond donors (Lipinski definition) is 2. The summed E-state index contributed by atoms with van der Waals surface area (Å²) in [6.45, 7) is 4.96. The molecule has 1 aromatic carbocycles. The van der Waals surface area contributed by atoms with Gasteiger partial charge in [-0.15, -0.1) is 0 Å². The Bertz CT molecular complexity index is 449. The zero-order chi connectivity index (χ0) is 11.4. The van der Waals surface area contributed by atoms with E-state index in [4.69, 9.17) is 0 Å². The fourth-order valence-corrected chi connectivity index (χ4v) is 1.86. The van der Waals surface area contributed by atoms with Gasteiger partial charge in [0.15, 0.2) is 0 Å². The van der Waals surface area contributed by atoms with Crippen molar-refractivity contribution in [3.8, 4) is 0 Å². The minimum atomic E-state index is 0.643. The van der Waals surface area contributed by atoms with Crippen LogP contribution < -0.4 is 10.6 Å². The maximum Gasteiger partial charge on any atom is 0.240 e. The van der Waals surface area contributed by atoms with Crippen LogP contribution in [0.2, 0.25) is 0 Å². The Hall–Kier alpha value is -1.62. The second-order valence-electron chi connectivity index (χ2n) is 3.44. The summed E-state index contributed by atoms with van der Waals surface area (Å²) >= 11 is 1.36. The molecular weight excluding hydrogens is 220 g/mol. The molecule has 2 aromatic rings. The Balaban J connectivity index is 2.05. The van der Waals surface area contributed by atoms with E-state index >= 15 is 0 Å². The first-order chi connectivity index (χ1) is 7.78. The van der Waals surface area contributed by atoms with Crippen LogP contribution in [0.1, 0.15) is 12.5 Å². The number of rotatable bonds is 4. The van der Waals surface area contributed by atoms with Crippen molar-refractivity contribution in [1.29, 1.82) is 0 Å². The van der Waals surface area contributed by atoms with E-state index in [2.05, 4.69) is 39.0 Å². The van der Waals surface area contributed by atoms with Gasteiger partial charge in [0, 0.05) is 23.8 Å². The van der Waals surface area contributed by atoms with Crippen LogP contribution in [0.4, 0.5) is 16.8 Å². The van der Waals surface area contributed by atoms with E-state index in [1.807, 2.05) is 19.1 Å². The molecule has 0 saturated carbocycles. The summed E-state index contributed by atoms with van der Waals surface area (Å²) in [6.07, 6.45) is 0. The highest BCUT2D eigenvalue weighted by Crippen LogP contribution is 2.18. The van der Waals surface area contributed by atoms with Gasteiger partial charge in [0.05, 0.1) is 0 Å². The molecule has 5 heteroatoms. The molecule has 2 N–H and O–H groups in total. The second kappa shape index (κ2) is 4.94. The average Bonchev–Trinajstić information content (AvgIpc) is 2.70. The topological polar surface area (TPSA) is 49.8 Å². The number of aryl methyl sites for hydroxylation is 1. The summed E-state index contributed by atoms with van der Waals surface area (Å²) in [4.78, 5) is 4.30. The average molecular weight is 234 g/mol. The van der Waals surface area contributed by atoms with Gasteiger partial charge < -0.3 is 10.6 Å². The second-order valence-corrected chi connectivity index (χ2v) is 4.20. The van der Waals surface area contributed by atoms with Crippen LogP contribution in [0, 0.1) is 6.92 Å². The number of benzene rings is 1. The minimum Gasteiger partial charge on any atom is -0.361 e. The van der Waals surface area contributed by atoms with E-state index in [0.29, 0.717) is 5.95 Å². The molecule has 2 rings (SSSR count). The SMILES string of the molecule is CCNc1nc(Nc2ccc(C)cc2)ns1. The van der Waals surface area contributed by atoms with Gasteiger partial charge in [0.25, 0.3) is 0 Å². The normalized spacial score (nSPS) is 10.1. The van der Waals surface area contributed by atoms with Crippen molar-refractivity contribution >= 4 is 28.3 Å². The predicted octanol–water partition coefficient (Wildman–Crippen LogP) is 3.02. The zero-order valence-electron chi connectivity index (χ0n) is 9.32. The van der Waals surface area contributed by atoms with Crippen molar-refractivity contribution < 1.29 is 0 Å². The summed E-state index contributed by atoms with van der Waals surface area (Å²) in [6, 6.07) is 8.15. The van der Waals surface area contributed by atoms with Gasteiger partial charge in [-0.1, -0.05) is 17.7 Å². The minimum absolute atomic E-state index is 0.643. The molecule has 0 aliphatic heterocycles. The lowest BCUT2D eigenvalue weighted by Crippen LogP contribution is -1.96. The molecule has 4 nitrogen and oxygen atoms in total. The van der Waals surface area contributed by atoms with Crippen molar-refractivity contribution in [2.24, 2.45) is 0 Å². The van der Waals surface area contributed by atoms with Crippen molar-refractivity contribution in [3.63, 3.8) is 0 Å². The molecule has 84 valence electrons. The van der Waals surface area contributed by atoms with Crippen molar-refractivity contribution in [2.45, 2.75) is 13.8 Å². The number of nitrogens with one attached hydrogen (secondary N) is 2. The standard InChI is InChI=1S/C11H14N4S/c1-3-12-11-14-10(15-16-11)13-9-6-4-8(2)5-7-9/h4-7H,3H2,1-2H3,(H2,12,13,14,15). The molecule has 0 saturated heterocycles. The molecule has 1 heterocycles. The van der Waals surface area contributed by atoms with Crippen molar-refractivity contribution in [3.05, 3.63) is 29.8 Å². The molecule has 0 unspecified atom stereocenters. The van der Waals surface area contributed by atoms with Crippen LogP contribution in [0.15, 0.2) is 24.3 Å². The monoisotopic (exact) mass is 234 g/mol. The van der Waals surface area contributed by atoms with Gasteiger partial charge in [-0.3, -0.25) is 0 Å². The molecule has 0 amide bonds. The molecule has 0 aliphatic carbocycles. The molecule has 0 radical (unpaired) electrons. The van der Waals surface area contributed by atoms with E-state index in [9.17, 15) is 0 Å². The fraction of sp³-hybridized carbons (Fsp3) is 0.273. The largest absolute Gasteiger partial charge is 0.361 e. The lowest BCUT2D eigenvalue weighted by Gasteiger charge is -2.01. The van der Waals surface area contributed by atoms with Crippen LogP contribution in [-0.4, -0.2) is 15.9 Å². The summed E-state index contributed by atoms with van der Waals surface area (Å²) < 4.78 is 4.21. The van der Waals surface area contributed by atoms with Crippen LogP contribution in [0.3, 0.4) is 0 Å². The predicted molar refractivity (Wildman–Crippen MR) is 68.5 cm³/mol. The molecule has 16 heavy (non-hydrogen) atoms. The Morgan fingerprint density at radius 2 is 2.00 bits per heavy atom. The first kappa shape index (κ1) is 10.9. The van der Waals surface area contributed by atoms with E-state index in [1.54, 1.807) is 0 Å². The molecule has 0 bridgehead atoms. The number of hydrogen-bond acceptors (Lipinski definition) is 5. The molecular formula is C11H14N4S.